The average molecular weight is 227 g/mol. The van der Waals surface area contributed by atoms with E-state index >= 15 is 0 Å². The van der Waals surface area contributed by atoms with Crippen LogP contribution in [0.15, 0.2) is 6.33 Å². The van der Waals surface area contributed by atoms with Crippen molar-refractivity contribution in [3.05, 3.63) is 11.5 Å². The topological polar surface area (TPSA) is 55.0 Å². The van der Waals surface area contributed by atoms with Crippen LogP contribution in [0.25, 0.3) is 0 Å². The first-order chi connectivity index (χ1) is 7.18. The second kappa shape index (κ2) is 4.23. The standard InChI is InChI=1S/C10H15ClN4/c1-7-2-4-15(5-3-7)10-8(12)9(11)13-6-14-10/h6-7H,2-5,12H2,1H3. The van der Waals surface area contributed by atoms with Gasteiger partial charge in [-0.15, -0.1) is 0 Å². The van der Waals surface area contributed by atoms with E-state index in [0.717, 1.165) is 24.8 Å². The number of anilines is 2. The van der Waals surface area contributed by atoms with Crippen LogP contribution in [0.2, 0.25) is 5.15 Å². The second-order valence-corrected chi connectivity index (χ2v) is 4.43. The second-order valence-electron chi connectivity index (χ2n) is 4.07. The summed E-state index contributed by atoms with van der Waals surface area (Å²) in [6.07, 6.45) is 3.83. The zero-order chi connectivity index (χ0) is 10.8. The van der Waals surface area contributed by atoms with Crippen molar-refractivity contribution in [3.63, 3.8) is 0 Å². The quantitative estimate of drug-likeness (QED) is 0.744. The maximum atomic E-state index is 5.86. The van der Waals surface area contributed by atoms with E-state index in [0.29, 0.717) is 10.8 Å². The summed E-state index contributed by atoms with van der Waals surface area (Å²) in [5, 5.41) is 0.346. The molecule has 2 N–H and O–H groups in total. The molecular weight excluding hydrogens is 212 g/mol. The fourth-order valence-corrected chi connectivity index (χ4v) is 1.97. The Hall–Kier alpha value is -1.03. The Morgan fingerprint density at radius 1 is 1.40 bits per heavy atom. The van der Waals surface area contributed by atoms with Crippen LogP contribution in [0.3, 0.4) is 0 Å². The lowest BCUT2D eigenvalue weighted by atomic mass is 9.99. The van der Waals surface area contributed by atoms with Crippen molar-refractivity contribution in [2.75, 3.05) is 23.7 Å². The van der Waals surface area contributed by atoms with Gasteiger partial charge in [-0.25, -0.2) is 9.97 Å². The SMILES string of the molecule is CC1CCN(c2ncnc(Cl)c2N)CC1. The Morgan fingerprint density at radius 2 is 2.07 bits per heavy atom. The number of aromatic nitrogens is 2. The highest BCUT2D eigenvalue weighted by molar-refractivity contribution is 6.32. The molecule has 0 radical (unpaired) electrons. The molecule has 1 aromatic rings. The largest absolute Gasteiger partial charge is 0.393 e. The highest BCUT2D eigenvalue weighted by atomic mass is 35.5. The first kappa shape index (κ1) is 10.5. The van der Waals surface area contributed by atoms with Crippen LogP contribution >= 0.6 is 11.6 Å². The van der Waals surface area contributed by atoms with Crippen molar-refractivity contribution in [1.82, 2.24) is 9.97 Å². The molecule has 0 saturated carbocycles. The first-order valence-electron chi connectivity index (χ1n) is 5.19. The molecule has 2 heterocycles. The molecule has 0 aliphatic carbocycles. The van der Waals surface area contributed by atoms with Crippen LogP contribution in [-0.4, -0.2) is 23.1 Å². The summed E-state index contributed by atoms with van der Waals surface area (Å²) in [5.74, 6) is 1.57. The summed E-state index contributed by atoms with van der Waals surface area (Å²) < 4.78 is 0. The molecular formula is C10H15ClN4. The van der Waals surface area contributed by atoms with Crippen LogP contribution in [-0.2, 0) is 0 Å². The molecule has 0 atom stereocenters. The van der Waals surface area contributed by atoms with Crippen molar-refractivity contribution >= 4 is 23.1 Å². The number of halogens is 1. The number of hydrogen-bond donors (Lipinski definition) is 1. The van der Waals surface area contributed by atoms with Crippen molar-refractivity contribution < 1.29 is 0 Å². The lowest BCUT2D eigenvalue weighted by molar-refractivity contribution is 0.437. The smallest absolute Gasteiger partial charge is 0.157 e. The van der Waals surface area contributed by atoms with Gasteiger partial charge >= 0.3 is 0 Å². The third kappa shape index (κ3) is 2.15. The average Bonchev–Trinajstić information content (AvgIpc) is 2.24. The summed E-state index contributed by atoms with van der Waals surface area (Å²) in [4.78, 5) is 10.2. The van der Waals surface area contributed by atoms with Crippen molar-refractivity contribution in [2.24, 2.45) is 5.92 Å². The van der Waals surface area contributed by atoms with Crippen molar-refractivity contribution in [2.45, 2.75) is 19.8 Å². The lowest BCUT2D eigenvalue weighted by Crippen LogP contribution is -2.34. The van der Waals surface area contributed by atoms with Gasteiger partial charge in [-0.3, -0.25) is 0 Å². The third-order valence-electron chi connectivity index (χ3n) is 2.90. The Bertz CT molecular complexity index is 347. The molecule has 0 spiro atoms. The highest BCUT2D eigenvalue weighted by Gasteiger charge is 2.19. The molecule has 0 amide bonds. The van der Waals surface area contributed by atoms with Crippen molar-refractivity contribution in [1.29, 1.82) is 0 Å². The lowest BCUT2D eigenvalue weighted by Gasteiger charge is -2.31. The molecule has 0 bridgehead atoms. The van der Waals surface area contributed by atoms with E-state index in [9.17, 15) is 0 Å². The van der Waals surface area contributed by atoms with Gasteiger partial charge in [0.05, 0.1) is 0 Å². The van der Waals surface area contributed by atoms with E-state index in [1.165, 1.54) is 19.2 Å². The zero-order valence-corrected chi connectivity index (χ0v) is 9.54. The van der Waals surface area contributed by atoms with Crippen LogP contribution < -0.4 is 10.6 Å². The van der Waals surface area contributed by atoms with E-state index in [1.807, 2.05) is 0 Å². The minimum atomic E-state index is 0.346. The van der Waals surface area contributed by atoms with E-state index in [2.05, 4.69) is 21.8 Å². The molecule has 4 nitrogen and oxygen atoms in total. The van der Waals surface area contributed by atoms with Gasteiger partial charge in [-0.2, -0.15) is 0 Å². The molecule has 0 aromatic carbocycles. The molecule has 5 heteroatoms. The normalized spacial score (nSPS) is 18.1. The maximum Gasteiger partial charge on any atom is 0.157 e. The summed E-state index contributed by atoms with van der Waals surface area (Å²) in [6, 6.07) is 0. The molecule has 82 valence electrons. The van der Waals surface area contributed by atoms with Crippen LogP contribution in [0, 0.1) is 5.92 Å². The Balaban J connectivity index is 2.19. The summed E-state index contributed by atoms with van der Waals surface area (Å²) in [6.45, 7) is 4.27. The van der Waals surface area contributed by atoms with Gasteiger partial charge in [-0.1, -0.05) is 18.5 Å². The van der Waals surface area contributed by atoms with E-state index < -0.39 is 0 Å². The molecule has 2 rings (SSSR count). The molecule has 15 heavy (non-hydrogen) atoms. The van der Waals surface area contributed by atoms with Gasteiger partial charge < -0.3 is 10.6 Å². The minimum absolute atomic E-state index is 0.346. The Labute approximate surface area is 94.5 Å². The minimum Gasteiger partial charge on any atom is -0.393 e. The number of piperidine rings is 1. The fraction of sp³-hybridized carbons (Fsp3) is 0.600. The maximum absolute atomic E-state index is 5.86. The van der Waals surface area contributed by atoms with Gasteiger partial charge in [0, 0.05) is 13.1 Å². The molecule has 1 saturated heterocycles. The number of nitrogen functional groups attached to an aromatic ring is 1. The zero-order valence-electron chi connectivity index (χ0n) is 8.78. The number of hydrogen-bond acceptors (Lipinski definition) is 4. The van der Waals surface area contributed by atoms with E-state index in [1.54, 1.807) is 0 Å². The van der Waals surface area contributed by atoms with E-state index in [-0.39, 0.29) is 0 Å². The summed E-state index contributed by atoms with van der Waals surface area (Å²) in [7, 11) is 0. The predicted molar refractivity (Wildman–Crippen MR) is 62.1 cm³/mol. The highest BCUT2D eigenvalue weighted by Crippen LogP contribution is 2.28. The fourth-order valence-electron chi connectivity index (χ4n) is 1.84. The first-order valence-corrected chi connectivity index (χ1v) is 5.57. The molecule has 1 aromatic heterocycles. The molecule has 1 aliphatic rings. The number of nitrogens with zero attached hydrogens (tertiary/aromatic N) is 3. The van der Waals surface area contributed by atoms with Crippen LogP contribution in [0.1, 0.15) is 19.8 Å². The molecule has 1 fully saturated rings. The molecule has 1 aliphatic heterocycles. The van der Waals surface area contributed by atoms with Gasteiger partial charge in [-0.05, 0) is 18.8 Å². The van der Waals surface area contributed by atoms with Gasteiger partial charge in [0.1, 0.15) is 12.0 Å². The summed E-state index contributed by atoms with van der Waals surface area (Å²) in [5.41, 5.74) is 6.34. The van der Waals surface area contributed by atoms with Crippen molar-refractivity contribution in [3.8, 4) is 0 Å². The Kier molecular flexibility index (Phi) is 2.95. The van der Waals surface area contributed by atoms with Crippen LogP contribution in [0.4, 0.5) is 11.5 Å². The summed E-state index contributed by atoms with van der Waals surface area (Å²) >= 11 is 5.86. The van der Waals surface area contributed by atoms with E-state index in [4.69, 9.17) is 17.3 Å². The van der Waals surface area contributed by atoms with Gasteiger partial charge in [0.25, 0.3) is 0 Å². The predicted octanol–water partition coefficient (Wildman–Crippen LogP) is 1.95. The molecule has 0 unspecified atom stereocenters. The van der Waals surface area contributed by atoms with Gasteiger partial charge in [0.2, 0.25) is 0 Å². The van der Waals surface area contributed by atoms with Crippen LogP contribution in [0.5, 0.6) is 0 Å². The third-order valence-corrected chi connectivity index (χ3v) is 3.20. The number of nitrogens with two attached hydrogens (primary N) is 1. The number of rotatable bonds is 1. The Morgan fingerprint density at radius 3 is 2.73 bits per heavy atom. The van der Waals surface area contributed by atoms with Gasteiger partial charge in [0.15, 0.2) is 11.0 Å². The monoisotopic (exact) mass is 226 g/mol.